The van der Waals surface area contributed by atoms with E-state index >= 15 is 0 Å². The number of esters is 1. The van der Waals surface area contributed by atoms with Gasteiger partial charge in [0.05, 0.1) is 17.2 Å². The first-order chi connectivity index (χ1) is 9.99. The fourth-order valence-electron chi connectivity index (χ4n) is 1.88. The zero-order valence-electron chi connectivity index (χ0n) is 11.4. The number of nitrogens with zero attached hydrogens (tertiary/aromatic N) is 1. The number of benzene rings is 2. The van der Waals surface area contributed by atoms with E-state index in [1.807, 2.05) is 6.92 Å². The molecule has 4 nitrogen and oxygen atoms in total. The normalized spacial score (nSPS) is 9.95. The van der Waals surface area contributed by atoms with Crippen LogP contribution in [0.4, 0.5) is 5.69 Å². The standard InChI is InChI=1S/C16H13BrN2O2/c1-10-4-11(8-18)2-3-12(10)9-21-16(20)13-5-14(17)7-15(19)6-13/h2-7H,9,19H2,1H3. The fraction of sp³-hybridized carbons (Fsp3) is 0.125. The Morgan fingerprint density at radius 2 is 2.10 bits per heavy atom. The first kappa shape index (κ1) is 15.1. The molecule has 2 aromatic carbocycles. The summed E-state index contributed by atoms with van der Waals surface area (Å²) >= 11 is 3.29. The molecule has 0 aromatic heterocycles. The Morgan fingerprint density at radius 1 is 1.33 bits per heavy atom. The number of halogens is 1. The minimum atomic E-state index is -0.438. The van der Waals surface area contributed by atoms with Crippen molar-refractivity contribution in [1.29, 1.82) is 5.26 Å². The highest BCUT2D eigenvalue weighted by Crippen LogP contribution is 2.19. The molecule has 0 saturated carbocycles. The maximum Gasteiger partial charge on any atom is 0.338 e. The van der Waals surface area contributed by atoms with Crippen LogP contribution in [0.15, 0.2) is 40.9 Å². The van der Waals surface area contributed by atoms with Gasteiger partial charge in [-0.05, 0) is 48.4 Å². The molecule has 0 bridgehead atoms. The highest BCUT2D eigenvalue weighted by Gasteiger charge is 2.10. The van der Waals surface area contributed by atoms with Crippen LogP contribution in [0.2, 0.25) is 0 Å². The van der Waals surface area contributed by atoms with Gasteiger partial charge in [-0.25, -0.2) is 4.79 Å². The van der Waals surface area contributed by atoms with Crippen LogP contribution in [0.1, 0.15) is 27.0 Å². The Balaban J connectivity index is 2.09. The van der Waals surface area contributed by atoms with Crippen LogP contribution < -0.4 is 5.73 Å². The zero-order valence-corrected chi connectivity index (χ0v) is 13.0. The summed E-state index contributed by atoms with van der Waals surface area (Å²) in [7, 11) is 0. The van der Waals surface area contributed by atoms with E-state index in [1.165, 1.54) is 0 Å². The quantitative estimate of drug-likeness (QED) is 0.682. The minimum absolute atomic E-state index is 0.156. The van der Waals surface area contributed by atoms with Crippen LogP contribution in [0.3, 0.4) is 0 Å². The first-order valence-electron chi connectivity index (χ1n) is 6.22. The number of nitriles is 1. The SMILES string of the molecule is Cc1cc(C#N)ccc1COC(=O)c1cc(N)cc(Br)c1. The molecular formula is C16H13BrN2O2. The van der Waals surface area contributed by atoms with Gasteiger partial charge in [0.2, 0.25) is 0 Å². The molecule has 0 unspecified atom stereocenters. The Bertz CT molecular complexity index is 715. The van der Waals surface area contributed by atoms with Crippen LogP contribution in [0, 0.1) is 18.3 Å². The van der Waals surface area contributed by atoms with E-state index in [-0.39, 0.29) is 6.61 Å². The minimum Gasteiger partial charge on any atom is -0.457 e. The first-order valence-corrected chi connectivity index (χ1v) is 7.01. The second kappa shape index (κ2) is 6.42. The van der Waals surface area contributed by atoms with E-state index in [2.05, 4.69) is 22.0 Å². The predicted octanol–water partition coefficient (Wildman–Crippen LogP) is 3.57. The average Bonchev–Trinajstić information content (AvgIpc) is 2.44. The highest BCUT2D eigenvalue weighted by molar-refractivity contribution is 9.10. The van der Waals surface area contributed by atoms with Crippen molar-refractivity contribution in [2.45, 2.75) is 13.5 Å². The molecule has 0 amide bonds. The molecule has 21 heavy (non-hydrogen) atoms. The maximum atomic E-state index is 12.0. The number of carbonyl (C=O) groups excluding carboxylic acids is 1. The lowest BCUT2D eigenvalue weighted by Gasteiger charge is -2.08. The average molecular weight is 345 g/mol. The molecule has 0 heterocycles. The van der Waals surface area contributed by atoms with Gasteiger partial charge in [-0.3, -0.25) is 0 Å². The van der Waals surface area contributed by atoms with Crippen molar-refractivity contribution in [2.24, 2.45) is 0 Å². The van der Waals surface area contributed by atoms with E-state index in [9.17, 15) is 4.79 Å². The molecule has 106 valence electrons. The van der Waals surface area contributed by atoms with Gasteiger partial charge in [0.25, 0.3) is 0 Å². The third-order valence-corrected chi connectivity index (χ3v) is 3.44. The fourth-order valence-corrected chi connectivity index (χ4v) is 2.40. The number of rotatable bonds is 3. The van der Waals surface area contributed by atoms with E-state index in [1.54, 1.807) is 36.4 Å². The van der Waals surface area contributed by atoms with Gasteiger partial charge < -0.3 is 10.5 Å². The van der Waals surface area contributed by atoms with Crippen molar-refractivity contribution in [3.63, 3.8) is 0 Å². The van der Waals surface area contributed by atoms with Crippen molar-refractivity contribution in [3.8, 4) is 6.07 Å². The molecule has 0 saturated heterocycles. The molecule has 0 aliphatic carbocycles. The second-order valence-electron chi connectivity index (χ2n) is 4.60. The summed E-state index contributed by atoms with van der Waals surface area (Å²) in [5, 5.41) is 8.82. The zero-order chi connectivity index (χ0) is 15.4. The maximum absolute atomic E-state index is 12.0. The van der Waals surface area contributed by atoms with Crippen molar-refractivity contribution in [2.75, 3.05) is 5.73 Å². The Hall–Kier alpha value is -2.32. The number of ether oxygens (including phenoxy) is 1. The molecule has 0 spiro atoms. The smallest absolute Gasteiger partial charge is 0.338 e. The van der Waals surface area contributed by atoms with Crippen LogP contribution in [0.5, 0.6) is 0 Å². The number of nitrogen functional groups attached to an aromatic ring is 1. The Kier molecular flexibility index (Phi) is 4.61. The van der Waals surface area contributed by atoms with Gasteiger partial charge in [0.1, 0.15) is 6.61 Å². The summed E-state index contributed by atoms with van der Waals surface area (Å²) in [5.41, 5.74) is 8.94. The molecule has 2 aromatic rings. The molecule has 0 aliphatic heterocycles. The Morgan fingerprint density at radius 3 is 2.71 bits per heavy atom. The number of anilines is 1. The lowest BCUT2D eigenvalue weighted by molar-refractivity contribution is 0.0472. The van der Waals surface area contributed by atoms with E-state index in [4.69, 9.17) is 15.7 Å². The van der Waals surface area contributed by atoms with Gasteiger partial charge in [0, 0.05) is 10.2 Å². The highest BCUT2D eigenvalue weighted by atomic mass is 79.9. The molecule has 2 N–H and O–H groups in total. The van der Waals surface area contributed by atoms with Gasteiger partial charge in [-0.2, -0.15) is 5.26 Å². The molecule has 0 radical (unpaired) electrons. The molecule has 0 fully saturated rings. The third-order valence-electron chi connectivity index (χ3n) is 2.99. The summed E-state index contributed by atoms with van der Waals surface area (Å²) in [6.07, 6.45) is 0. The largest absolute Gasteiger partial charge is 0.457 e. The number of nitrogens with two attached hydrogens (primary N) is 1. The van der Waals surface area contributed by atoms with Gasteiger partial charge in [-0.1, -0.05) is 22.0 Å². The molecule has 0 atom stereocenters. The van der Waals surface area contributed by atoms with Gasteiger partial charge in [-0.15, -0.1) is 0 Å². The molecule has 2 rings (SSSR count). The van der Waals surface area contributed by atoms with Crippen LogP contribution in [-0.2, 0) is 11.3 Å². The van der Waals surface area contributed by atoms with Crippen molar-refractivity contribution >= 4 is 27.6 Å². The summed E-state index contributed by atoms with van der Waals surface area (Å²) < 4.78 is 6.01. The van der Waals surface area contributed by atoms with Crippen molar-refractivity contribution in [1.82, 2.24) is 0 Å². The van der Waals surface area contributed by atoms with E-state index in [0.717, 1.165) is 15.6 Å². The summed E-state index contributed by atoms with van der Waals surface area (Å²) in [6, 6.07) is 12.3. The van der Waals surface area contributed by atoms with Gasteiger partial charge >= 0.3 is 5.97 Å². The number of hydrogen-bond donors (Lipinski definition) is 1. The van der Waals surface area contributed by atoms with Crippen LogP contribution >= 0.6 is 15.9 Å². The second-order valence-corrected chi connectivity index (χ2v) is 5.52. The molecule has 5 heteroatoms. The Labute approximate surface area is 131 Å². The van der Waals surface area contributed by atoms with Crippen molar-refractivity contribution < 1.29 is 9.53 Å². The van der Waals surface area contributed by atoms with E-state index in [0.29, 0.717) is 16.8 Å². The van der Waals surface area contributed by atoms with Crippen molar-refractivity contribution in [3.05, 3.63) is 63.1 Å². The molecular weight excluding hydrogens is 332 g/mol. The monoisotopic (exact) mass is 344 g/mol. The third kappa shape index (κ3) is 3.83. The van der Waals surface area contributed by atoms with Crippen LogP contribution in [-0.4, -0.2) is 5.97 Å². The lowest BCUT2D eigenvalue weighted by Crippen LogP contribution is -2.07. The number of carbonyl (C=O) groups is 1. The topological polar surface area (TPSA) is 76.1 Å². The number of aryl methyl sites for hydroxylation is 1. The predicted molar refractivity (Wildman–Crippen MR) is 83.6 cm³/mol. The van der Waals surface area contributed by atoms with Crippen LogP contribution in [0.25, 0.3) is 0 Å². The summed E-state index contributed by atoms with van der Waals surface area (Å²) in [5.74, 6) is -0.438. The summed E-state index contributed by atoms with van der Waals surface area (Å²) in [6.45, 7) is 2.03. The lowest BCUT2D eigenvalue weighted by atomic mass is 10.1. The summed E-state index contributed by atoms with van der Waals surface area (Å²) in [4.78, 5) is 12.0. The molecule has 0 aliphatic rings. The van der Waals surface area contributed by atoms with Gasteiger partial charge in [0.15, 0.2) is 0 Å². The van der Waals surface area contributed by atoms with E-state index < -0.39 is 5.97 Å². The number of hydrogen-bond acceptors (Lipinski definition) is 4.